The molecule has 104 valence electrons. The van der Waals surface area contributed by atoms with E-state index in [1.807, 2.05) is 6.07 Å². The van der Waals surface area contributed by atoms with E-state index in [4.69, 9.17) is 5.73 Å². The minimum absolute atomic E-state index is 0.420. The predicted molar refractivity (Wildman–Crippen MR) is 86.4 cm³/mol. The number of benzene rings is 1. The third-order valence-corrected chi connectivity index (χ3v) is 3.69. The largest absolute Gasteiger partial charge is 0.399 e. The van der Waals surface area contributed by atoms with Crippen LogP contribution in [0.4, 0.5) is 5.69 Å². The van der Waals surface area contributed by atoms with E-state index in [9.17, 15) is 0 Å². The lowest BCUT2D eigenvalue weighted by Gasteiger charge is -2.19. The molecule has 0 fully saturated rings. The third-order valence-electron chi connectivity index (χ3n) is 3.69. The first kappa shape index (κ1) is 15.6. The van der Waals surface area contributed by atoms with E-state index in [0.29, 0.717) is 5.92 Å². The first-order valence-corrected chi connectivity index (χ1v) is 7.19. The third kappa shape index (κ3) is 3.99. The molecule has 0 aliphatic rings. The van der Waals surface area contributed by atoms with Gasteiger partial charge in [0.15, 0.2) is 0 Å². The molecule has 0 spiro atoms. The Hall–Kier alpha value is -1.50. The van der Waals surface area contributed by atoms with Crippen molar-refractivity contribution >= 4 is 5.69 Å². The van der Waals surface area contributed by atoms with Gasteiger partial charge in [0.2, 0.25) is 0 Å². The van der Waals surface area contributed by atoms with Gasteiger partial charge < -0.3 is 5.73 Å². The summed E-state index contributed by atoms with van der Waals surface area (Å²) < 4.78 is 0. The van der Waals surface area contributed by atoms with Gasteiger partial charge in [-0.05, 0) is 56.0 Å². The molecular weight excluding hydrogens is 230 g/mol. The molecular formula is C18H27N. The first-order chi connectivity index (χ1) is 9.01. The van der Waals surface area contributed by atoms with Crippen molar-refractivity contribution in [3.05, 3.63) is 52.6 Å². The monoisotopic (exact) mass is 257 g/mol. The molecule has 19 heavy (non-hydrogen) atoms. The lowest BCUT2D eigenvalue weighted by Crippen LogP contribution is -2.02. The predicted octanol–water partition coefficient (Wildman–Crippen LogP) is 5.37. The molecule has 0 amide bonds. The van der Waals surface area contributed by atoms with E-state index in [1.54, 1.807) is 0 Å². The van der Waals surface area contributed by atoms with Gasteiger partial charge in [-0.3, -0.25) is 0 Å². The standard InChI is InChI=1S/C18H27N/c1-6-8-13(3)17(9-7-2)15(5)18-11-10-16(19)12-14(18)4/h7,9-12,15H,6,8,19H2,1-5H3/b9-7-,17-13-. The minimum atomic E-state index is 0.420. The van der Waals surface area contributed by atoms with Crippen molar-refractivity contribution in [1.29, 1.82) is 0 Å². The Balaban J connectivity index is 3.20. The topological polar surface area (TPSA) is 26.0 Å². The minimum Gasteiger partial charge on any atom is -0.399 e. The quantitative estimate of drug-likeness (QED) is 0.556. The van der Waals surface area contributed by atoms with Crippen molar-refractivity contribution in [2.45, 2.75) is 53.4 Å². The molecule has 1 heteroatoms. The molecule has 0 heterocycles. The van der Waals surface area contributed by atoms with Crippen LogP contribution in [0.15, 0.2) is 41.5 Å². The van der Waals surface area contributed by atoms with Crippen molar-refractivity contribution in [2.24, 2.45) is 0 Å². The van der Waals surface area contributed by atoms with Gasteiger partial charge in [0.05, 0.1) is 0 Å². The summed E-state index contributed by atoms with van der Waals surface area (Å²) in [4.78, 5) is 0. The number of hydrogen-bond donors (Lipinski definition) is 1. The maximum atomic E-state index is 5.84. The summed E-state index contributed by atoms with van der Waals surface area (Å²) in [6.07, 6.45) is 6.75. The highest BCUT2D eigenvalue weighted by Crippen LogP contribution is 2.31. The second-order valence-corrected chi connectivity index (χ2v) is 5.32. The van der Waals surface area contributed by atoms with Crippen LogP contribution in [0.3, 0.4) is 0 Å². The van der Waals surface area contributed by atoms with Crippen LogP contribution >= 0.6 is 0 Å². The van der Waals surface area contributed by atoms with Crippen molar-refractivity contribution in [3.63, 3.8) is 0 Å². The van der Waals surface area contributed by atoms with Crippen molar-refractivity contribution in [2.75, 3.05) is 5.73 Å². The molecule has 0 bridgehead atoms. The van der Waals surface area contributed by atoms with E-state index >= 15 is 0 Å². The van der Waals surface area contributed by atoms with Crippen LogP contribution in [0.1, 0.15) is 57.6 Å². The van der Waals surface area contributed by atoms with Crippen molar-refractivity contribution in [3.8, 4) is 0 Å². The highest BCUT2D eigenvalue weighted by Gasteiger charge is 2.13. The van der Waals surface area contributed by atoms with Gasteiger partial charge in [-0.25, -0.2) is 0 Å². The van der Waals surface area contributed by atoms with E-state index in [0.717, 1.165) is 12.1 Å². The number of nitrogens with two attached hydrogens (primary N) is 1. The zero-order valence-corrected chi connectivity index (χ0v) is 13.0. The van der Waals surface area contributed by atoms with Crippen molar-refractivity contribution in [1.82, 2.24) is 0 Å². The zero-order chi connectivity index (χ0) is 14.4. The molecule has 2 N–H and O–H groups in total. The molecule has 0 saturated carbocycles. The highest BCUT2D eigenvalue weighted by molar-refractivity contribution is 5.48. The summed E-state index contributed by atoms with van der Waals surface area (Å²) >= 11 is 0. The molecule has 1 aromatic rings. The Morgan fingerprint density at radius 1 is 1.37 bits per heavy atom. The average Bonchev–Trinajstić information content (AvgIpc) is 2.35. The molecule has 1 aromatic carbocycles. The first-order valence-electron chi connectivity index (χ1n) is 7.19. The summed E-state index contributed by atoms with van der Waals surface area (Å²) in [6.45, 7) is 11.0. The molecule has 0 saturated heterocycles. The lowest BCUT2D eigenvalue weighted by molar-refractivity contribution is 0.837. The van der Waals surface area contributed by atoms with Gasteiger partial charge in [0, 0.05) is 11.6 Å². The lowest BCUT2D eigenvalue weighted by atomic mass is 9.86. The van der Waals surface area contributed by atoms with Crippen LogP contribution in [0, 0.1) is 6.92 Å². The number of nitrogen functional groups attached to an aromatic ring is 1. The Morgan fingerprint density at radius 2 is 2.05 bits per heavy atom. The summed E-state index contributed by atoms with van der Waals surface area (Å²) in [5.41, 5.74) is 12.3. The summed E-state index contributed by atoms with van der Waals surface area (Å²) in [5, 5.41) is 0. The van der Waals surface area contributed by atoms with Gasteiger partial charge in [-0.1, -0.05) is 44.1 Å². The molecule has 0 aliphatic heterocycles. The summed E-state index contributed by atoms with van der Waals surface area (Å²) in [5.74, 6) is 0.420. The number of aryl methyl sites for hydroxylation is 1. The van der Waals surface area contributed by atoms with Crippen molar-refractivity contribution < 1.29 is 0 Å². The zero-order valence-electron chi connectivity index (χ0n) is 13.0. The Kier molecular flexibility index (Phi) is 5.88. The Labute approximate surface area is 118 Å². The van der Waals surface area contributed by atoms with Gasteiger partial charge in [-0.15, -0.1) is 0 Å². The normalized spacial score (nSPS) is 14.6. The molecule has 0 radical (unpaired) electrons. The van der Waals surface area contributed by atoms with E-state index in [1.165, 1.54) is 28.7 Å². The fourth-order valence-electron chi connectivity index (χ4n) is 2.71. The van der Waals surface area contributed by atoms with E-state index in [-0.39, 0.29) is 0 Å². The smallest absolute Gasteiger partial charge is 0.0316 e. The highest BCUT2D eigenvalue weighted by atomic mass is 14.5. The second kappa shape index (κ2) is 7.18. The van der Waals surface area contributed by atoms with Crippen LogP contribution in [0.5, 0.6) is 0 Å². The van der Waals surface area contributed by atoms with E-state index in [2.05, 4.69) is 58.9 Å². The van der Waals surface area contributed by atoms with Crippen LogP contribution in [-0.2, 0) is 0 Å². The summed E-state index contributed by atoms with van der Waals surface area (Å²) in [6, 6.07) is 6.23. The molecule has 1 nitrogen and oxygen atoms in total. The summed E-state index contributed by atoms with van der Waals surface area (Å²) in [7, 11) is 0. The molecule has 1 atom stereocenters. The SMILES string of the molecule is C/C=C\C(=C(/C)CCC)C(C)c1ccc(N)cc1C. The molecule has 1 unspecified atom stereocenters. The van der Waals surface area contributed by atoms with Gasteiger partial charge in [0.25, 0.3) is 0 Å². The number of rotatable bonds is 5. The van der Waals surface area contributed by atoms with Gasteiger partial charge >= 0.3 is 0 Å². The van der Waals surface area contributed by atoms with Gasteiger partial charge in [-0.2, -0.15) is 0 Å². The van der Waals surface area contributed by atoms with Crippen LogP contribution in [-0.4, -0.2) is 0 Å². The molecule has 1 rings (SSSR count). The van der Waals surface area contributed by atoms with Crippen LogP contribution < -0.4 is 5.73 Å². The van der Waals surface area contributed by atoms with Crippen LogP contribution in [0.25, 0.3) is 0 Å². The van der Waals surface area contributed by atoms with E-state index < -0.39 is 0 Å². The average molecular weight is 257 g/mol. The van der Waals surface area contributed by atoms with Gasteiger partial charge in [0.1, 0.15) is 0 Å². The second-order valence-electron chi connectivity index (χ2n) is 5.32. The van der Waals surface area contributed by atoms with Crippen LogP contribution in [0.2, 0.25) is 0 Å². The Morgan fingerprint density at radius 3 is 2.58 bits per heavy atom. The number of anilines is 1. The molecule has 0 aromatic heterocycles. The fraction of sp³-hybridized carbons (Fsp3) is 0.444. The maximum Gasteiger partial charge on any atom is 0.0316 e. The fourth-order valence-corrected chi connectivity index (χ4v) is 2.71. The number of allylic oxidation sites excluding steroid dienone is 4. The number of hydrogen-bond acceptors (Lipinski definition) is 1. The molecule has 0 aliphatic carbocycles. The Bertz CT molecular complexity index is 480. The maximum absolute atomic E-state index is 5.84.